The van der Waals surface area contributed by atoms with Crippen molar-refractivity contribution in [3.63, 3.8) is 0 Å². The molecule has 0 aromatic heterocycles. The van der Waals surface area contributed by atoms with Crippen LogP contribution in [0.4, 0.5) is 11.4 Å². The Balaban J connectivity index is 0.000000268. The minimum absolute atomic E-state index is 0.238. The van der Waals surface area contributed by atoms with Crippen LogP contribution < -0.4 is 10.2 Å². The van der Waals surface area contributed by atoms with Crippen LogP contribution in [0.1, 0.15) is 45.6 Å². The van der Waals surface area contributed by atoms with Crippen molar-refractivity contribution in [3.05, 3.63) is 171 Å². The zero-order chi connectivity index (χ0) is 36.2. The number of hydrogen-bond donors (Lipinski definition) is 1. The fourth-order valence-electron chi connectivity index (χ4n) is 4.45. The number of nitro benzene ring substituents is 2. The van der Waals surface area contributed by atoms with E-state index < -0.39 is 27.2 Å². The number of carbonyl (C=O) groups excluding carboxylic acids is 1. The van der Waals surface area contributed by atoms with Crippen LogP contribution in [-0.2, 0) is 4.79 Å². The Kier molecular flexibility index (Phi) is 17.3. The molecule has 0 aliphatic carbocycles. The molecule has 0 spiro atoms. The highest BCUT2D eigenvalue weighted by Crippen LogP contribution is 2.40. The Bertz CT molecular complexity index is 1630. The third-order valence-electron chi connectivity index (χ3n) is 7.00. The predicted molar refractivity (Wildman–Crippen MR) is 201 cm³/mol. The van der Waals surface area contributed by atoms with E-state index in [2.05, 4.69) is 103 Å². The zero-order valence-electron chi connectivity index (χ0n) is 28.1. The summed E-state index contributed by atoms with van der Waals surface area (Å²) in [5, 5.41) is 22.2. The van der Waals surface area contributed by atoms with Gasteiger partial charge in [-0.1, -0.05) is 150 Å². The molecule has 10 heteroatoms. The van der Waals surface area contributed by atoms with Crippen LogP contribution in [0.2, 0.25) is 0 Å². The summed E-state index contributed by atoms with van der Waals surface area (Å²) in [6, 6.07) is 43.6. The lowest BCUT2D eigenvalue weighted by atomic mass is 9.96. The molecule has 5 aromatic carbocycles. The van der Waals surface area contributed by atoms with Gasteiger partial charge < -0.3 is 10.2 Å². The number of non-ortho nitro benzene ring substituents is 1. The molecule has 0 aliphatic heterocycles. The summed E-state index contributed by atoms with van der Waals surface area (Å²) < 4.78 is 5.13. The highest BCUT2D eigenvalue weighted by atomic mass is 31.0. The van der Waals surface area contributed by atoms with Gasteiger partial charge in [0, 0.05) is 17.7 Å². The lowest BCUT2D eigenvalue weighted by molar-refractivity contribution is -0.394. The Labute approximate surface area is 290 Å². The Hall–Kier alpha value is -5.50. The van der Waals surface area contributed by atoms with E-state index in [0.717, 1.165) is 6.07 Å². The van der Waals surface area contributed by atoms with Crippen molar-refractivity contribution in [2.24, 2.45) is 5.50 Å². The van der Waals surface area contributed by atoms with E-state index in [4.69, 9.17) is 4.74 Å². The monoisotopic (exact) mass is 679 g/mol. The molecule has 0 amide bonds. The molecule has 49 heavy (non-hydrogen) atoms. The Morgan fingerprint density at radius 2 is 1.08 bits per heavy atom. The van der Waals surface area contributed by atoms with E-state index in [1.165, 1.54) is 34.4 Å². The fraction of sp³-hybridized carbons (Fsp3) is 0.154. The second kappa shape index (κ2) is 21.4. The molecule has 2 unspecified atom stereocenters. The minimum Gasteiger partial charge on any atom is -0.416 e. The van der Waals surface area contributed by atoms with Crippen molar-refractivity contribution in [1.29, 1.82) is 0 Å². The number of allylic oxidation sites excluding steroid dienone is 1. The summed E-state index contributed by atoms with van der Waals surface area (Å²) >= 11 is 0. The highest BCUT2D eigenvalue weighted by molar-refractivity contribution is 7.13. The number of nitrogens with zero attached hydrogens (tertiary/aromatic N) is 2. The molecular formula is C39H42N3O6P. The summed E-state index contributed by atoms with van der Waals surface area (Å²) in [4.78, 5) is 32.6. The maximum atomic E-state index is 11.8. The fourth-order valence-corrected chi connectivity index (χ4v) is 4.45. The molecule has 5 aromatic rings. The smallest absolute Gasteiger partial charge is 0.336 e. The lowest BCUT2D eigenvalue weighted by Gasteiger charge is -2.14. The second-order valence-corrected chi connectivity index (χ2v) is 10.8. The number of carbonyl (C=O) groups is 1. The van der Waals surface area contributed by atoms with Crippen LogP contribution in [0, 0.1) is 20.2 Å². The summed E-state index contributed by atoms with van der Waals surface area (Å²) in [5.41, 5.74) is 9.46. The Morgan fingerprint density at radius 3 is 1.37 bits per heavy atom. The summed E-state index contributed by atoms with van der Waals surface area (Å²) in [5.74, 6) is -1.24. The van der Waals surface area contributed by atoms with Crippen molar-refractivity contribution in [1.82, 2.24) is 0 Å². The van der Waals surface area contributed by atoms with E-state index in [1.54, 1.807) is 20.8 Å². The molecule has 9 nitrogen and oxygen atoms in total. The van der Waals surface area contributed by atoms with Crippen molar-refractivity contribution >= 4 is 26.7 Å². The summed E-state index contributed by atoms with van der Waals surface area (Å²) in [6.45, 7) is 6.94. The molecule has 0 fully saturated rings. The number of benzene rings is 5. The predicted octanol–water partition coefficient (Wildman–Crippen LogP) is 10.3. The van der Waals surface area contributed by atoms with Gasteiger partial charge in [0.25, 0.3) is 5.69 Å². The third-order valence-corrected chi connectivity index (χ3v) is 7.00. The molecule has 5 rings (SSSR count). The van der Waals surface area contributed by atoms with Crippen molar-refractivity contribution in [3.8, 4) is 28.0 Å². The van der Waals surface area contributed by atoms with Gasteiger partial charge >= 0.3 is 11.7 Å². The van der Waals surface area contributed by atoms with Crippen LogP contribution in [0.5, 0.6) is 5.75 Å². The van der Waals surface area contributed by atoms with Gasteiger partial charge in [0.15, 0.2) is 0 Å². The molecule has 254 valence electrons. The van der Waals surface area contributed by atoms with Crippen LogP contribution in [0.25, 0.3) is 22.3 Å². The van der Waals surface area contributed by atoms with E-state index in [9.17, 15) is 25.0 Å². The number of hydrogen-bond acceptors (Lipinski definition) is 7. The van der Waals surface area contributed by atoms with E-state index in [-0.39, 0.29) is 17.2 Å². The van der Waals surface area contributed by atoms with Gasteiger partial charge in [-0.2, -0.15) is 0 Å². The molecule has 0 saturated heterocycles. The first-order valence-corrected chi connectivity index (χ1v) is 16.1. The maximum Gasteiger partial charge on any atom is 0.336 e. The number of rotatable bonds is 8. The lowest BCUT2D eigenvalue weighted by Crippen LogP contribution is -2.10. The van der Waals surface area contributed by atoms with Crippen molar-refractivity contribution in [2.45, 2.75) is 40.0 Å². The van der Waals surface area contributed by atoms with Gasteiger partial charge in [-0.05, 0) is 48.4 Å². The first-order chi connectivity index (χ1) is 23.6. The summed E-state index contributed by atoms with van der Waals surface area (Å²) in [7, 11) is 1.92. The van der Waals surface area contributed by atoms with Gasteiger partial charge in [-0.15, -0.1) is 0 Å². The highest BCUT2D eigenvalue weighted by Gasteiger charge is 2.28. The van der Waals surface area contributed by atoms with Crippen LogP contribution in [0.15, 0.2) is 145 Å². The molecule has 0 aliphatic rings. The molecule has 0 radical (unpaired) electrons. The standard InChI is InChI=1S/C15H18N2O6.2C12H10.H4NP/c1-5-10(4)12-7-11(16(19)20)8-13(17(21)22)15(12)23-14(18)6-9(2)3;2*1-3-7-11(8-4-1)12-9-5-2-6-10-12;1-2/h6-8,10H,5H2,1-4H3;2*1-10H;1-2H2. The number of nitrogens with two attached hydrogens (primary N) is 1. The minimum atomic E-state index is -0.788. The van der Waals surface area contributed by atoms with E-state index >= 15 is 0 Å². The molecule has 0 heterocycles. The van der Waals surface area contributed by atoms with Gasteiger partial charge in [0.1, 0.15) is 0 Å². The molecule has 2 N–H and O–H groups in total. The number of esters is 1. The van der Waals surface area contributed by atoms with Gasteiger partial charge in [0.05, 0.1) is 15.9 Å². The number of ether oxygens (including phenoxy) is 1. The van der Waals surface area contributed by atoms with E-state index in [0.29, 0.717) is 12.0 Å². The van der Waals surface area contributed by atoms with E-state index in [1.807, 2.05) is 40.6 Å². The van der Waals surface area contributed by atoms with Crippen LogP contribution in [0.3, 0.4) is 0 Å². The third kappa shape index (κ3) is 13.3. The van der Waals surface area contributed by atoms with Crippen molar-refractivity contribution < 1.29 is 19.4 Å². The van der Waals surface area contributed by atoms with Gasteiger partial charge in [-0.25, -0.2) is 4.79 Å². The average Bonchev–Trinajstić information content (AvgIpc) is 3.13. The normalized spacial score (nSPS) is 10.2. The van der Waals surface area contributed by atoms with Gasteiger partial charge in [-0.3, -0.25) is 20.2 Å². The largest absolute Gasteiger partial charge is 0.416 e. The van der Waals surface area contributed by atoms with Gasteiger partial charge in [0.2, 0.25) is 5.75 Å². The molecule has 2 atom stereocenters. The zero-order valence-corrected chi connectivity index (χ0v) is 29.2. The first-order valence-electron chi connectivity index (χ1n) is 15.5. The summed E-state index contributed by atoms with van der Waals surface area (Å²) in [6.07, 6.45) is 1.77. The molecular weight excluding hydrogens is 637 g/mol. The molecule has 0 saturated carbocycles. The topological polar surface area (TPSA) is 139 Å². The van der Waals surface area contributed by atoms with Crippen molar-refractivity contribution in [2.75, 3.05) is 0 Å². The van der Waals surface area contributed by atoms with Crippen LogP contribution in [-0.4, -0.2) is 15.8 Å². The second-order valence-electron chi connectivity index (χ2n) is 10.8. The maximum absolute atomic E-state index is 11.8. The number of nitro groups is 2. The van der Waals surface area contributed by atoms with Crippen LogP contribution >= 0.6 is 9.39 Å². The SMILES string of the molecule is CCC(C)c1cc([N+](=O)[O-])cc([N+](=O)[O-])c1OC(=O)C=C(C)C.NP.c1ccc(-c2ccccc2)cc1.c1ccc(-c2ccccc2)cc1. The quantitative estimate of drug-likeness (QED) is 0.0430. The molecule has 0 bridgehead atoms. The average molecular weight is 680 g/mol. The Morgan fingerprint density at radius 1 is 0.714 bits per heavy atom. The first kappa shape index (κ1) is 39.7.